The van der Waals surface area contributed by atoms with Crippen LogP contribution in [0, 0.1) is 6.20 Å². The van der Waals surface area contributed by atoms with Gasteiger partial charge in [0.1, 0.15) is 0 Å². The van der Waals surface area contributed by atoms with Gasteiger partial charge in [0.2, 0.25) is 0 Å². The van der Waals surface area contributed by atoms with Crippen molar-refractivity contribution in [1.29, 1.82) is 0 Å². The molecule has 2 heteroatoms. The zero-order valence-electron chi connectivity index (χ0n) is 2.51. The molecule has 1 heterocycles. The second kappa shape index (κ2) is 1.17. The summed E-state index contributed by atoms with van der Waals surface area (Å²) < 4.78 is 3.64. The molecule has 0 saturated carbocycles. The van der Waals surface area contributed by atoms with Gasteiger partial charge in [0.15, 0.2) is 0 Å². The fourth-order valence-electron chi connectivity index (χ4n) is 0.152. The van der Waals surface area contributed by atoms with Crippen LogP contribution in [0.1, 0.15) is 0 Å². The molecule has 0 saturated heterocycles. The third kappa shape index (κ3) is 0.450. The minimum Gasteiger partial charge on any atom is -0.325 e. The van der Waals surface area contributed by atoms with Gasteiger partial charge < -0.3 is 4.37 Å². The van der Waals surface area contributed by atoms with Crippen LogP contribution >= 0.6 is 11.5 Å². The number of rotatable bonds is 0. The van der Waals surface area contributed by atoms with Gasteiger partial charge in [-0.1, -0.05) is 0 Å². The van der Waals surface area contributed by atoms with Crippen LogP contribution in [-0.2, 0) is 0 Å². The van der Waals surface area contributed by atoms with E-state index in [1.165, 1.54) is 11.5 Å². The Bertz CT molecular complexity index is 63.4. The first-order valence-corrected chi connectivity index (χ1v) is 2.10. The van der Waals surface area contributed by atoms with Gasteiger partial charge in [0.25, 0.3) is 0 Å². The van der Waals surface area contributed by atoms with Crippen molar-refractivity contribution in [3.05, 3.63) is 17.6 Å². The maximum Gasteiger partial charge on any atom is -0.133 e. The van der Waals surface area contributed by atoms with Gasteiger partial charge in [0.05, 0.1) is 0 Å². The molecule has 0 aliphatic rings. The van der Waals surface area contributed by atoms with Crippen molar-refractivity contribution in [3.63, 3.8) is 0 Å². The van der Waals surface area contributed by atoms with E-state index in [9.17, 15) is 0 Å². The predicted molar refractivity (Wildman–Crippen MR) is 20.9 cm³/mol. The molecule has 26 valence electrons. The van der Waals surface area contributed by atoms with Crippen molar-refractivity contribution in [2.24, 2.45) is 0 Å². The second-order valence-corrected chi connectivity index (χ2v) is 1.29. The van der Waals surface area contributed by atoms with Crippen LogP contribution in [-0.4, -0.2) is 4.37 Å². The van der Waals surface area contributed by atoms with E-state index in [1.54, 1.807) is 6.07 Å². The standard InChI is InChI=1S/C3H2NS/c1-2-4-5-3-1/h1,3H/q-1. The number of hydrogen-bond acceptors (Lipinski definition) is 2. The van der Waals surface area contributed by atoms with Gasteiger partial charge >= 0.3 is 0 Å². The topological polar surface area (TPSA) is 12.9 Å². The van der Waals surface area contributed by atoms with E-state index in [1.807, 2.05) is 5.38 Å². The van der Waals surface area contributed by atoms with Crippen molar-refractivity contribution in [2.75, 3.05) is 0 Å². The minimum atomic E-state index is 1.41. The molecule has 1 aromatic rings. The highest BCUT2D eigenvalue weighted by Gasteiger charge is 1.44. The minimum absolute atomic E-state index is 1.41. The van der Waals surface area contributed by atoms with Crippen molar-refractivity contribution in [1.82, 2.24) is 4.37 Å². The van der Waals surface area contributed by atoms with Gasteiger partial charge in [-0.15, -0.1) is 11.6 Å². The molecular formula is C3H2NS-. The van der Waals surface area contributed by atoms with Crippen LogP contribution in [0.3, 0.4) is 0 Å². The first kappa shape index (κ1) is 2.85. The summed E-state index contributed by atoms with van der Waals surface area (Å²) in [7, 11) is 0. The Morgan fingerprint density at radius 3 is 3.00 bits per heavy atom. The third-order valence-electron chi connectivity index (χ3n) is 0.309. The summed E-state index contributed by atoms with van der Waals surface area (Å²) in [5, 5.41) is 1.88. The first-order chi connectivity index (χ1) is 2.50. The summed E-state index contributed by atoms with van der Waals surface area (Å²) in [5.74, 6) is 0. The van der Waals surface area contributed by atoms with Gasteiger partial charge in [-0.25, -0.2) is 6.07 Å². The van der Waals surface area contributed by atoms with Crippen LogP contribution in [0.25, 0.3) is 0 Å². The molecule has 0 aromatic carbocycles. The lowest BCUT2D eigenvalue weighted by Crippen LogP contribution is -1.34. The highest BCUT2D eigenvalue weighted by atomic mass is 32.1. The van der Waals surface area contributed by atoms with E-state index < -0.39 is 0 Å². The average molecular weight is 84.1 g/mol. The van der Waals surface area contributed by atoms with Gasteiger partial charge in [0, 0.05) is 0 Å². The normalized spacial score (nSPS) is 8.00. The van der Waals surface area contributed by atoms with E-state index in [0.717, 1.165) is 0 Å². The van der Waals surface area contributed by atoms with Crippen LogP contribution < -0.4 is 0 Å². The van der Waals surface area contributed by atoms with Crippen LogP contribution in [0.2, 0.25) is 0 Å². The third-order valence-corrected chi connectivity index (χ3v) is 0.777. The fraction of sp³-hybridized carbons (Fsp3) is 0. The Morgan fingerprint density at radius 1 is 1.80 bits per heavy atom. The SMILES string of the molecule is [c-]1ccsn1. The Balaban J connectivity index is 3.13. The molecule has 1 nitrogen and oxygen atoms in total. The molecule has 5 heavy (non-hydrogen) atoms. The number of nitrogens with zero attached hydrogens (tertiary/aromatic N) is 1. The molecule has 0 N–H and O–H groups in total. The molecule has 0 aliphatic carbocycles. The largest absolute Gasteiger partial charge is 0.325 e. The smallest absolute Gasteiger partial charge is 0.133 e. The molecule has 0 aliphatic heterocycles. The highest BCUT2D eigenvalue weighted by Crippen LogP contribution is 1.82. The molecule has 1 aromatic heterocycles. The quantitative estimate of drug-likeness (QED) is 0.426. The van der Waals surface area contributed by atoms with E-state index in [4.69, 9.17) is 0 Å². The monoisotopic (exact) mass is 84.0 g/mol. The molecule has 0 atom stereocenters. The zero-order chi connectivity index (χ0) is 3.54. The summed E-state index contributed by atoms with van der Waals surface area (Å²) in [6.07, 6.45) is 2.63. The van der Waals surface area contributed by atoms with Crippen LogP contribution in [0.4, 0.5) is 0 Å². The van der Waals surface area contributed by atoms with Gasteiger partial charge in [-0.3, -0.25) is 0 Å². The van der Waals surface area contributed by atoms with Gasteiger partial charge in [-0.05, 0) is 0 Å². The van der Waals surface area contributed by atoms with Crippen molar-refractivity contribution in [3.8, 4) is 0 Å². The molecule has 0 radical (unpaired) electrons. The molecule has 0 amide bonds. The van der Waals surface area contributed by atoms with Crippen LogP contribution in [0.15, 0.2) is 11.4 Å². The Morgan fingerprint density at radius 2 is 2.80 bits per heavy atom. The first-order valence-electron chi connectivity index (χ1n) is 1.26. The molecular weight excluding hydrogens is 82.1 g/mol. The van der Waals surface area contributed by atoms with E-state index in [-0.39, 0.29) is 0 Å². The Labute approximate surface area is 34.4 Å². The maximum atomic E-state index is 3.64. The lowest BCUT2D eigenvalue weighted by molar-refractivity contribution is 1.56. The molecule has 1 rings (SSSR count). The lowest BCUT2D eigenvalue weighted by atomic mass is 10.8. The summed E-state index contributed by atoms with van der Waals surface area (Å²) in [6, 6.07) is 1.78. The van der Waals surface area contributed by atoms with E-state index in [0.29, 0.717) is 0 Å². The van der Waals surface area contributed by atoms with Crippen LogP contribution in [0.5, 0.6) is 0 Å². The molecule has 0 fully saturated rings. The average Bonchev–Trinajstić information content (AvgIpc) is 1.76. The highest BCUT2D eigenvalue weighted by molar-refractivity contribution is 7.03. The summed E-state index contributed by atoms with van der Waals surface area (Å²) in [4.78, 5) is 0. The summed E-state index contributed by atoms with van der Waals surface area (Å²) in [6.45, 7) is 0. The molecule has 0 bridgehead atoms. The maximum absolute atomic E-state index is 3.64. The second-order valence-electron chi connectivity index (χ2n) is 0.629. The molecule has 0 spiro atoms. The predicted octanol–water partition coefficient (Wildman–Crippen LogP) is 0.943. The van der Waals surface area contributed by atoms with Crippen molar-refractivity contribution in [2.45, 2.75) is 0 Å². The molecule has 0 unspecified atom stereocenters. The summed E-state index contributed by atoms with van der Waals surface area (Å²) >= 11 is 1.41. The van der Waals surface area contributed by atoms with Gasteiger partial charge in [-0.2, -0.15) is 11.5 Å². The van der Waals surface area contributed by atoms with Crippen molar-refractivity contribution < 1.29 is 0 Å². The van der Waals surface area contributed by atoms with E-state index in [2.05, 4.69) is 10.6 Å². The summed E-state index contributed by atoms with van der Waals surface area (Å²) in [5.41, 5.74) is 0. The van der Waals surface area contributed by atoms with Crippen molar-refractivity contribution >= 4 is 11.5 Å². The van der Waals surface area contributed by atoms with E-state index >= 15 is 0 Å². The number of hydrogen-bond donors (Lipinski definition) is 0. The lowest BCUT2D eigenvalue weighted by Gasteiger charge is -1.55. The Kier molecular flexibility index (Phi) is 0.667. The Hall–Kier alpha value is -0.370. The zero-order valence-corrected chi connectivity index (χ0v) is 3.33. The fourth-order valence-corrected chi connectivity index (χ4v) is 0.456. The number of aromatic nitrogens is 1.